The molecule has 1 N–H and O–H groups in total. The molecule has 0 saturated heterocycles. The third-order valence-electron chi connectivity index (χ3n) is 5.17. The Bertz CT molecular complexity index is 862. The van der Waals surface area contributed by atoms with E-state index in [1.165, 1.54) is 35.0 Å². The molecule has 0 aromatic heterocycles. The quantitative estimate of drug-likeness (QED) is 0.184. The lowest BCUT2D eigenvalue weighted by Gasteiger charge is -2.24. The van der Waals surface area contributed by atoms with Gasteiger partial charge in [0, 0.05) is 12.8 Å². The number of benzene rings is 1. The van der Waals surface area contributed by atoms with Crippen LogP contribution in [0.3, 0.4) is 0 Å². The third-order valence-corrected chi connectivity index (χ3v) is 6.23. The first-order chi connectivity index (χ1) is 15.4. The van der Waals surface area contributed by atoms with E-state index < -0.39 is 11.7 Å². The van der Waals surface area contributed by atoms with Crippen LogP contribution >= 0.6 is 11.8 Å². The van der Waals surface area contributed by atoms with Gasteiger partial charge in [-0.3, -0.25) is 4.99 Å². The Morgan fingerprint density at radius 2 is 1.97 bits per heavy atom. The highest BCUT2D eigenvalue weighted by molar-refractivity contribution is 8.13. The van der Waals surface area contributed by atoms with Crippen molar-refractivity contribution in [2.45, 2.75) is 63.9 Å². The molecule has 0 bridgehead atoms. The van der Waals surface area contributed by atoms with E-state index in [2.05, 4.69) is 53.7 Å². The van der Waals surface area contributed by atoms with Crippen LogP contribution in [-0.2, 0) is 11.9 Å². The van der Waals surface area contributed by atoms with Gasteiger partial charge in [0.25, 0.3) is 0 Å². The molecule has 174 valence electrons. The van der Waals surface area contributed by atoms with Gasteiger partial charge in [-0.2, -0.15) is 13.2 Å². The van der Waals surface area contributed by atoms with Crippen molar-refractivity contribution in [1.29, 1.82) is 0 Å². The highest BCUT2D eigenvalue weighted by Gasteiger charge is 2.29. The van der Waals surface area contributed by atoms with Gasteiger partial charge in [0.1, 0.15) is 0 Å². The van der Waals surface area contributed by atoms with Crippen molar-refractivity contribution in [2.24, 2.45) is 4.99 Å². The Kier molecular flexibility index (Phi) is 10.9. The summed E-state index contributed by atoms with van der Waals surface area (Å²) in [7, 11) is 1.75. The fourth-order valence-electron chi connectivity index (χ4n) is 3.57. The van der Waals surface area contributed by atoms with Crippen LogP contribution in [0.25, 0.3) is 0 Å². The predicted octanol–water partition coefficient (Wildman–Crippen LogP) is 7.85. The summed E-state index contributed by atoms with van der Waals surface area (Å²) in [5, 5.41) is 4.41. The number of hydrogen-bond acceptors (Lipinski definition) is 2. The number of hydrogen-bond donors (Lipinski definition) is 1. The molecule has 0 unspecified atom stereocenters. The molecule has 32 heavy (non-hydrogen) atoms. The monoisotopic (exact) mass is 462 g/mol. The zero-order valence-electron chi connectivity index (χ0n) is 19.1. The normalized spacial score (nSPS) is 16.8. The molecule has 1 atom stereocenters. The van der Waals surface area contributed by atoms with Crippen molar-refractivity contribution in [3.63, 3.8) is 0 Å². The minimum Gasteiger partial charge on any atom is -0.358 e. The van der Waals surface area contributed by atoms with Crippen LogP contribution in [0.15, 0.2) is 76.9 Å². The SMILES string of the molecule is C/C=C\C(=C/CC)C[C@H](NC(=NC)SCc1ccc(C(F)(F)F)cc1)C1=CCC=CCC1. The van der Waals surface area contributed by atoms with Crippen molar-refractivity contribution >= 4 is 16.9 Å². The second kappa shape index (κ2) is 13.4. The van der Waals surface area contributed by atoms with E-state index in [0.29, 0.717) is 5.75 Å². The highest BCUT2D eigenvalue weighted by Crippen LogP contribution is 2.30. The van der Waals surface area contributed by atoms with E-state index in [4.69, 9.17) is 0 Å². The predicted molar refractivity (Wildman–Crippen MR) is 132 cm³/mol. The van der Waals surface area contributed by atoms with Gasteiger partial charge in [0.2, 0.25) is 0 Å². The number of halogens is 3. The van der Waals surface area contributed by atoms with E-state index in [-0.39, 0.29) is 6.04 Å². The number of nitrogens with one attached hydrogen (secondary N) is 1. The Balaban J connectivity index is 2.11. The number of nitrogens with zero attached hydrogens (tertiary/aromatic N) is 1. The number of alkyl halides is 3. The minimum atomic E-state index is -4.31. The van der Waals surface area contributed by atoms with Crippen LogP contribution in [0.1, 0.15) is 57.1 Å². The van der Waals surface area contributed by atoms with Gasteiger partial charge in [-0.05, 0) is 62.3 Å². The lowest BCUT2D eigenvalue weighted by Crippen LogP contribution is -2.35. The second-order valence-corrected chi connectivity index (χ2v) is 8.59. The molecule has 0 aliphatic heterocycles. The lowest BCUT2D eigenvalue weighted by atomic mass is 9.94. The van der Waals surface area contributed by atoms with Crippen LogP contribution in [0.5, 0.6) is 0 Å². The highest BCUT2D eigenvalue weighted by atomic mass is 32.2. The fraction of sp³-hybridized carbons (Fsp3) is 0.423. The molecule has 2 nitrogen and oxygen atoms in total. The molecule has 0 fully saturated rings. The van der Waals surface area contributed by atoms with Crippen LogP contribution in [-0.4, -0.2) is 18.3 Å². The summed E-state index contributed by atoms with van der Waals surface area (Å²) in [6, 6.07) is 5.47. The average molecular weight is 463 g/mol. The Morgan fingerprint density at radius 3 is 2.59 bits per heavy atom. The fourth-order valence-corrected chi connectivity index (χ4v) is 4.42. The van der Waals surface area contributed by atoms with Gasteiger partial charge in [0.15, 0.2) is 5.17 Å². The van der Waals surface area contributed by atoms with Gasteiger partial charge >= 0.3 is 6.18 Å². The third kappa shape index (κ3) is 8.73. The van der Waals surface area contributed by atoms with Crippen molar-refractivity contribution in [2.75, 3.05) is 7.05 Å². The molecule has 1 aromatic carbocycles. The molecule has 1 aliphatic carbocycles. The maximum Gasteiger partial charge on any atom is 0.416 e. The average Bonchev–Trinajstić information content (AvgIpc) is 3.05. The topological polar surface area (TPSA) is 24.4 Å². The molecule has 0 saturated carbocycles. The second-order valence-electron chi connectivity index (χ2n) is 7.63. The van der Waals surface area contributed by atoms with E-state index >= 15 is 0 Å². The van der Waals surface area contributed by atoms with Crippen molar-refractivity contribution in [1.82, 2.24) is 5.32 Å². The van der Waals surface area contributed by atoms with Crippen molar-refractivity contribution in [3.05, 3.63) is 83.0 Å². The standard InChI is InChI=1S/C26H33F3N2S/c1-4-10-20(11-5-2)18-24(22-12-8-6-7-9-13-22)31-25(30-3)32-19-21-14-16-23(17-15-21)26(27,28)29/h4,6-7,10-12,14-17,24H,5,8-9,13,18-19H2,1-3H3,(H,30,31)/b10-4-,20-11+/t24-/m0/s1. The molecule has 0 amide bonds. The first-order valence-electron chi connectivity index (χ1n) is 11.0. The maximum absolute atomic E-state index is 12.8. The lowest BCUT2D eigenvalue weighted by molar-refractivity contribution is -0.137. The Morgan fingerprint density at radius 1 is 1.22 bits per heavy atom. The first kappa shape index (κ1) is 26.0. The molecule has 0 heterocycles. The zero-order chi connectivity index (χ0) is 23.4. The van der Waals surface area contributed by atoms with Crippen molar-refractivity contribution in [3.8, 4) is 0 Å². The number of allylic oxidation sites excluding steroid dienone is 6. The van der Waals surface area contributed by atoms with E-state index in [1.807, 2.05) is 6.92 Å². The minimum absolute atomic E-state index is 0.128. The molecule has 1 aromatic rings. The summed E-state index contributed by atoms with van der Waals surface area (Å²) >= 11 is 1.52. The molecule has 6 heteroatoms. The van der Waals surface area contributed by atoms with E-state index in [0.717, 1.165) is 55.0 Å². The largest absolute Gasteiger partial charge is 0.416 e. The first-order valence-corrected chi connectivity index (χ1v) is 12.0. The van der Waals surface area contributed by atoms with Gasteiger partial charge in [-0.15, -0.1) is 0 Å². The molecule has 0 radical (unpaired) electrons. The molecular formula is C26H33F3N2S. The maximum atomic E-state index is 12.8. The number of rotatable bonds is 8. The van der Waals surface area contributed by atoms with E-state index in [9.17, 15) is 13.2 Å². The van der Waals surface area contributed by atoms with Gasteiger partial charge in [-0.25, -0.2) is 0 Å². The molecule has 1 aliphatic rings. The van der Waals surface area contributed by atoms with E-state index in [1.54, 1.807) is 7.05 Å². The summed E-state index contributed by atoms with van der Waals surface area (Å²) in [5.41, 5.74) is 2.87. The zero-order valence-corrected chi connectivity index (χ0v) is 19.9. The molecule has 0 spiro atoms. The van der Waals surface area contributed by atoms with Crippen molar-refractivity contribution < 1.29 is 13.2 Å². The number of thioether (sulfide) groups is 1. The van der Waals surface area contributed by atoms with Crippen LogP contribution in [0.4, 0.5) is 13.2 Å². The van der Waals surface area contributed by atoms with Gasteiger partial charge in [-0.1, -0.05) is 72.8 Å². The summed E-state index contributed by atoms with van der Waals surface area (Å²) in [5.74, 6) is 0.553. The molecular weight excluding hydrogens is 429 g/mol. The summed E-state index contributed by atoms with van der Waals surface area (Å²) in [6.45, 7) is 4.17. The van der Waals surface area contributed by atoms with Crippen LogP contribution in [0.2, 0.25) is 0 Å². The number of aliphatic imine (C=N–C) groups is 1. The smallest absolute Gasteiger partial charge is 0.358 e. The summed E-state index contributed by atoms with van der Waals surface area (Å²) in [6.07, 6.45) is 13.7. The Labute approximate surface area is 194 Å². The van der Waals surface area contributed by atoms with Gasteiger partial charge < -0.3 is 5.32 Å². The summed E-state index contributed by atoms with van der Waals surface area (Å²) in [4.78, 5) is 4.43. The number of amidine groups is 1. The summed E-state index contributed by atoms with van der Waals surface area (Å²) < 4.78 is 38.4. The molecule has 2 rings (SSSR count). The van der Waals surface area contributed by atoms with Gasteiger partial charge in [0.05, 0.1) is 11.6 Å². The Hall–Kier alpha value is -2.21. The van der Waals surface area contributed by atoms with Crippen LogP contribution < -0.4 is 5.32 Å². The van der Waals surface area contributed by atoms with Crippen LogP contribution in [0, 0.1) is 0 Å².